The van der Waals surface area contributed by atoms with E-state index in [4.69, 9.17) is 11.5 Å². The van der Waals surface area contributed by atoms with Crippen LogP contribution in [0.15, 0.2) is 54.7 Å². The highest BCUT2D eigenvalue weighted by molar-refractivity contribution is 6.03. The molecule has 150 valence electrons. The van der Waals surface area contributed by atoms with E-state index in [1.54, 1.807) is 24.4 Å². The van der Waals surface area contributed by atoms with E-state index in [1.807, 2.05) is 30.3 Å². The molecular formula is C21H18N6O3. The zero-order chi connectivity index (χ0) is 21.3. The van der Waals surface area contributed by atoms with Crippen LogP contribution in [-0.4, -0.2) is 34.3 Å². The largest absolute Gasteiger partial charge is 0.453 e. The maximum Gasteiger partial charge on any atom is 0.412 e. The van der Waals surface area contributed by atoms with E-state index in [2.05, 4.69) is 25.2 Å². The minimum atomic E-state index is -0.607. The van der Waals surface area contributed by atoms with Crippen molar-refractivity contribution in [1.29, 1.82) is 0 Å². The number of benzene rings is 2. The molecule has 9 heteroatoms. The number of carbonyl (C=O) groups excluding carboxylic acids is 2. The molecule has 4 aromatic rings. The van der Waals surface area contributed by atoms with Crippen molar-refractivity contribution in [2.75, 3.05) is 18.2 Å². The molecular weight excluding hydrogens is 384 g/mol. The third kappa shape index (κ3) is 3.51. The average molecular weight is 402 g/mol. The molecule has 0 atom stereocenters. The van der Waals surface area contributed by atoms with Crippen molar-refractivity contribution >= 4 is 34.5 Å². The summed E-state index contributed by atoms with van der Waals surface area (Å²) in [4.78, 5) is 27.0. The number of nitrogen functional groups attached to an aromatic ring is 1. The van der Waals surface area contributed by atoms with Crippen LogP contribution in [-0.2, 0) is 4.74 Å². The van der Waals surface area contributed by atoms with Crippen LogP contribution >= 0.6 is 0 Å². The van der Waals surface area contributed by atoms with Gasteiger partial charge in [-0.05, 0) is 53.1 Å². The Bertz CT molecular complexity index is 1260. The average Bonchev–Trinajstić information content (AvgIpc) is 3.14. The Morgan fingerprint density at radius 2 is 1.80 bits per heavy atom. The topological polar surface area (TPSA) is 149 Å². The lowest BCUT2D eigenvalue weighted by Crippen LogP contribution is -2.11. The number of rotatable bonds is 4. The molecule has 0 radical (unpaired) electrons. The van der Waals surface area contributed by atoms with Gasteiger partial charge in [0, 0.05) is 22.7 Å². The molecule has 0 saturated carbocycles. The molecule has 0 aliphatic rings. The number of primary amides is 1. The van der Waals surface area contributed by atoms with Crippen molar-refractivity contribution in [3.8, 4) is 22.3 Å². The van der Waals surface area contributed by atoms with Gasteiger partial charge in [0.25, 0.3) is 0 Å². The van der Waals surface area contributed by atoms with E-state index in [0.29, 0.717) is 17.2 Å². The molecule has 0 fully saturated rings. The van der Waals surface area contributed by atoms with Gasteiger partial charge in [-0.25, -0.2) is 9.78 Å². The van der Waals surface area contributed by atoms with Crippen LogP contribution in [0.25, 0.3) is 33.2 Å². The Kier molecular flexibility index (Phi) is 4.77. The molecule has 0 aliphatic carbocycles. The van der Waals surface area contributed by atoms with E-state index >= 15 is 0 Å². The van der Waals surface area contributed by atoms with Crippen molar-refractivity contribution in [2.24, 2.45) is 5.73 Å². The van der Waals surface area contributed by atoms with Crippen LogP contribution in [0.1, 0.15) is 10.4 Å². The van der Waals surface area contributed by atoms with Gasteiger partial charge in [-0.1, -0.05) is 12.1 Å². The van der Waals surface area contributed by atoms with Crippen molar-refractivity contribution < 1.29 is 14.3 Å². The number of hydrogen-bond acceptors (Lipinski definition) is 6. The molecule has 6 N–H and O–H groups in total. The number of ether oxygens (including phenoxy) is 1. The molecule has 0 unspecified atom stereocenters. The van der Waals surface area contributed by atoms with Crippen molar-refractivity contribution in [3.05, 3.63) is 60.3 Å². The summed E-state index contributed by atoms with van der Waals surface area (Å²) < 4.78 is 4.61. The summed E-state index contributed by atoms with van der Waals surface area (Å²) in [5, 5.41) is 10.4. The summed E-state index contributed by atoms with van der Waals surface area (Å²) in [6, 6.07) is 14.4. The highest BCUT2D eigenvalue weighted by Gasteiger charge is 2.14. The number of nitrogens with zero attached hydrogens (tertiary/aromatic N) is 2. The van der Waals surface area contributed by atoms with Gasteiger partial charge < -0.3 is 16.2 Å². The van der Waals surface area contributed by atoms with Crippen molar-refractivity contribution in [2.45, 2.75) is 0 Å². The molecule has 2 aromatic carbocycles. The minimum absolute atomic E-state index is 0.354. The maximum atomic E-state index is 11.5. The molecule has 0 saturated heterocycles. The Morgan fingerprint density at radius 3 is 2.50 bits per heavy atom. The Morgan fingerprint density at radius 1 is 1.03 bits per heavy atom. The first-order valence-corrected chi connectivity index (χ1v) is 8.95. The lowest BCUT2D eigenvalue weighted by molar-refractivity contribution is 0.1000. The number of hydrogen-bond donors (Lipinski definition) is 4. The molecule has 0 spiro atoms. The van der Waals surface area contributed by atoms with Gasteiger partial charge in [0.05, 0.1) is 12.6 Å². The number of nitrogens with one attached hydrogen (secondary N) is 2. The second-order valence-corrected chi connectivity index (χ2v) is 6.54. The van der Waals surface area contributed by atoms with E-state index < -0.39 is 12.0 Å². The van der Waals surface area contributed by atoms with Crippen LogP contribution in [0.4, 0.5) is 16.4 Å². The molecule has 9 nitrogen and oxygen atoms in total. The van der Waals surface area contributed by atoms with Crippen LogP contribution < -0.4 is 16.8 Å². The monoisotopic (exact) mass is 402 g/mol. The van der Waals surface area contributed by atoms with Crippen LogP contribution in [0.3, 0.4) is 0 Å². The molecule has 2 aromatic heterocycles. The summed E-state index contributed by atoms with van der Waals surface area (Å²) in [6.45, 7) is 0. The Balaban J connectivity index is 1.84. The Hall–Kier alpha value is -4.40. The summed E-state index contributed by atoms with van der Waals surface area (Å²) in [6.07, 6.45) is 0.981. The number of fused-ring (bicyclic) bond motifs is 1. The van der Waals surface area contributed by atoms with E-state index in [1.165, 1.54) is 7.11 Å². The van der Waals surface area contributed by atoms with Gasteiger partial charge >= 0.3 is 6.09 Å². The third-order valence-electron chi connectivity index (χ3n) is 4.69. The lowest BCUT2D eigenvalue weighted by Gasteiger charge is -2.10. The smallest absolute Gasteiger partial charge is 0.412 e. The summed E-state index contributed by atoms with van der Waals surface area (Å²) >= 11 is 0. The first-order valence-electron chi connectivity index (χ1n) is 8.95. The SMILES string of the molecule is COC(=O)Nc1cc(-c2cc(-c3ccc(C(N)=O)cc3)c3[nH]nc(N)c3c2)ccn1. The number of methoxy groups -OCH3 is 1. The normalized spacial score (nSPS) is 10.7. The highest BCUT2D eigenvalue weighted by Crippen LogP contribution is 2.35. The lowest BCUT2D eigenvalue weighted by atomic mass is 9.96. The summed E-state index contributed by atoms with van der Waals surface area (Å²) in [5.41, 5.74) is 16.0. The van der Waals surface area contributed by atoms with E-state index in [9.17, 15) is 9.59 Å². The number of pyridine rings is 1. The third-order valence-corrected chi connectivity index (χ3v) is 4.69. The first-order chi connectivity index (χ1) is 14.5. The molecule has 2 amide bonds. The van der Waals surface area contributed by atoms with Crippen molar-refractivity contribution in [1.82, 2.24) is 15.2 Å². The van der Waals surface area contributed by atoms with Gasteiger partial charge in [0.1, 0.15) is 5.82 Å². The zero-order valence-corrected chi connectivity index (χ0v) is 16.0. The number of H-pyrrole nitrogens is 1. The van der Waals surface area contributed by atoms with Gasteiger partial charge in [-0.3, -0.25) is 15.2 Å². The zero-order valence-electron chi connectivity index (χ0n) is 16.0. The molecule has 4 rings (SSSR count). The molecule has 0 aliphatic heterocycles. The molecule has 0 bridgehead atoms. The highest BCUT2D eigenvalue weighted by atomic mass is 16.5. The number of amides is 2. The second-order valence-electron chi connectivity index (χ2n) is 6.54. The predicted molar refractivity (Wildman–Crippen MR) is 114 cm³/mol. The molecule has 2 heterocycles. The predicted octanol–water partition coefficient (Wildman–Crippen LogP) is 3.15. The van der Waals surface area contributed by atoms with E-state index in [0.717, 1.165) is 33.2 Å². The van der Waals surface area contributed by atoms with Crippen LogP contribution in [0.2, 0.25) is 0 Å². The quantitative estimate of drug-likeness (QED) is 0.412. The molecule has 30 heavy (non-hydrogen) atoms. The number of nitrogens with two attached hydrogens (primary N) is 2. The number of aromatic nitrogens is 3. The fourth-order valence-electron chi connectivity index (χ4n) is 3.18. The van der Waals surface area contributed by atoms with Gasteiger partial charge in [-0.15, -0.1) is 0 Å². The number of carbonyl (C=O) groups is 2. The Labute approximate surface area is 171 Å². The van der Waals surface area contributed by atoms with E-state index in [-0.39, 0.29) is 0 Å². The second kappa shape index (κ2) is 7.55. The van der Waals surface area contributed by atoms with Gasteiger partial charge in [-0.2, -0.15) is 5.10 Å². The van der Waals surface area contributed by atoms with Crippen LogP contribution in [0.5, 0.6) is 0 Å². The maximum absolute atomic E-state index is 11.5. The van der Waals surface area contributed by atoms with Crippen LogP contribution in [0, 0.1) is 0 Å². The van der Waals surface area contributed by atoms with Crippen molar-refractivity contribution in [3.63, 3.8) is 0 Å². The number of anilines is 2. The van der Waals surface area contributed by atoms with Gasteiger partial charge in [0.15, 0.2) is 5.82 Å². The fraction of sp³-hybridized carbons (Fsp3) is 0.0476. The van der Waals surface area contributed by atoms with Gasteiger partial charge in [0.2, 0.25) is 5.91 Å². The summed E-state index contributed by atoms with van der Waals surface area (Å²) in [5.74, 6) is 0.226. The first kappa shape index (κ1) is 18.9. The number of aromatic amines is 1. The minimum Gasteiger partial charge on any atom is -0.453 e. The summed E-state index contributed by atoms with van der Waals surface area (Å²) in [7, 11) is 1.28. The standard InChI is InChI=1S/C21H18N6O3/c1-30-21(29)25-17-10-13(6-7-24-17)14-8-15(18-16(9-14)19(22)27-26-18)11-2-4-12(5-3-11)20(23)28/h2-10H,1H3,(H2,23,28)(H3,22,26,27)(H,24,25,29). The fourth-order valence-corrected chi connectivity index (χ4v) is 3.18.